The molecule has 0 unspecified atom stereocenters. The normalized spacial score (nSPS) is 11.1. The van der Waals surface area contributed by atoms with Gasteiger partial charge in [-0.1, -0.05) is 0 Å². The van der Waals surface area contributed by atoms with Crippen molar-refractivity contribution < 1.29 is 0 Å². The maximum Gasteiger partial charge on any atom is 0.133 e. The number of hydrogen-bond donors (Lipinski definition) is 1. The van der Waals surface area contributed by atoms with Crippen LogP contribution in [0.3, 0.4) is 0 Å². The summed E-state index contributed by atoms with van der Waals surface area (Å²) in [5, 5.41) is 11.4. The van der Waals surface area contributed by atoms with Gasteiger partial charge in [0, 0.05) is 45.0 Å². The van der Waals surface area contributed by atoms with Crippen LogP contribution in [-0.4, -0.2) is 25.9 Å². The molecule has 2 aromatic heterocycles. The summed E-state index contributed by atoms with van der Waals surface area (Å²) in [5.74, 6) is 1.02. The molecular formula is C13H21N5. The van der Waals surface area contributed by atoms with Gasteiger partial charge in [0.25, 0.3) is 0 Å². The molecule has 1 N–H and O–H groups in total. The lowest BCUT2D eigenvalue weighted by atomic mass is 10.2. The molecule has 5 nitrogen and oxygen atoms in total. The zero-order chi connectivity index (χ0) is 13.1. The van der Waals surface area contributed by atoms with Crippen molar-refractivity contribution >= 4 is 0 Å². The van der Waals surface area contributed by atoms with E-state index >= 15 is 0 Å². The van der Waals surface area contributed by atoms with Crippen molar-refractivity contribution in [2.24, 2.45) is 14.1 Å². The second-order valence-electron chi connectivity index (χ2n) is 4.74. The molecule has 0 aromatic carbocycles. The van der Waals surface area contributed by atoms with Crippen LogP contribution in [0.25, 0.3) is 0 Å². The van der Waals surface area contributed by atoms with Crippen molar-refractivity contribution in [1.82, 2.24) is 24.6 Å². The molecule has 0 saturated carbocycles. The van der Waals surface area contributed by atoms with Crippen molar-refractivity contribution in [2.75, 3.05) is 6.54 Å². The molecule has 0 aliphatic heterocycles. The lowest BCUT2D eigenvalue weighted by Gasteiger charge is -2.05. The summed E-state index contributed by atoms with van der Waals surface area (Å²) in [4.78, 5) is 0. The highest BCUT2D eigenvalue weighted by Gasteiger charge is 2.05. The molecule has 5 heteroatoms. The number of rotatable bonds is 5. The third-order valence-corrected chi connectivity index (χ3v) is 3.53. The van der Waals surface area contributed by atoms with E-state index in [0.717, 1.165) is 25.3 Å². The standard InChI is InChI=1S/C13H21N5/c1-10-7-12(11(2)18(10)4)8-14-6-5-13-16-15-9-17(13)3/h7,9,14H,5-6,8H2,1-4H3. The van der Waals surface area contributed by atoms with Gasteiger partial charge in [-0.05, 0) is 25.5 Å². The van der Waals surface area contributed by atoms with E-state index in [1.165, 1.54) is 17.0 Å². The highest BCUT2D eigenvalue weighted by molar-refractivity contribution is 5.26. The van der Waals surface area contributed by atoms with E-state index < -0.39 is 0 Å². The van der Waals surface area contributed by atoms with Crippen LogP contribution in [0.4, 0.5) is 0 Å². The Morgan fingerprint density at radius 3 is 2.61 bits per heavy atom. The first kappa shape index (κ1) is 12.8. The third-order valence-electron chi connectivity index (χ3n) is 3.53. The van der Waals surface area contributed by atoms with Crippen molar-refractivity contribution in [3.8, 4) is 0 Å². The van der Waals surface area contributed by atoms with Crippen LogP contribution in [0.2, 0.25) is 0 Å². The monoisotopic (exact) mass is 247 g/mol. The number of hydrogen-bond acceptors (Lipinski definition) is 3. The van der Waals surface area contributed by atoms with E-state index in [4.69, 9.17) is 0 Å². The number of aryl methyl sites for hydroxylation is 2. The predicted octanol–water partition coefficient (Wildman–Crippen LogP) is 1.10. The summed E-state index contributed by atoms with van der Waals surface area (Å²) in [5.41, 5.74) is 4.00. The minimum absolute atomic E-state index is 0.904. The minimum Gasteiger partial charge on any atom is -0.352 e. The van der Waals surface area contributed by atoms with Crippen LogP contribution in [0.15, 0.2) is 12.4 Å². The van der Waals surface area contributed by atoms with Crippen LogP contribution in [0.1, 0.15) is 22.8 Å². The maximum absolute atomic E-state index is 4.06. The van der Waals surface area contributed by atoms with Crippen LogP contribution < -0.4 is 5.32 Å². The van der Waals surface area contributed by atoms with Gasteiger partial charge >= 0.3 is 0 Å². The van der Waals surface area contributed by atoms with Gasteiger partial charge in [-0.25, -0.2) is 0 Å². The molecule has 2 aromatic rings. The van der Waals surface area contributed by atoms with Gasteiger partial charge in [-0.2, -0.15) is 0 Å². The van der Waals surface area contributed by atoms with Crippen LogP contribution in [-0.2, 0) is 27.1 Å². The highest BCUT2D eigenvalue weighted by Crippen LogP contribution is 2.12. The molecule has 2 rings (SSSR count). The summed E-state index contributed by atoms with van der Waals surface area (Å²) in [6.07, 6.45) is 2.64. The Kier molecular flexibility index (Phi) is 3.81. The molecule has 0 fully saturated rings. The van der Waals surface area contributed by atoms with E-state index in [2.05, 4.69) is 47.0 Å². The van der Waals surface area contributed by atoms with E-state index in [9.17, 15) is 0 Å². The number of nitrogens with zero attached hydrogens (tertiary/aromatic N) is 4. The van der Waals surface area contributed by atoms with Crippen molar-refractivity contribution in [2.45, 2.75) is 26.8 Å². The number of aromatic nitrogens is 4. The lowest BCUT2D eigenvalue weighted by molar-refractivity contribution is 0.650. The first-order valence-electron chi connectivity index (χ1n) is 6.25. The fourth-order valence-electron chi connectivity index (χ4n) is 2.07. The summed E-state index contributed by atoms with van der Waals surface area (Å²) in [6.45, 7) is 6.12. The molecule has 0 amide bonds. The van der Waals surface area contributed by atoms with Crippen LogP contribution in [0, 0.1) is 13.8 Å². The average molecular weight is 247 g/mol. The third kappa shape index (κ3) is 2.61. The van der Waals surface area contributed by atoms with Gasteiger partial charge < -0.3 is 14.5 Å². The molecule has 2 heterocycles. The quantitative estimate of drug-likeness (QED) is 0.805. The second-order valence-corrected chi connectivity index (χ2v) is 4.74. The second kappa shape index (κ2) is 5.35. The van der Waals surface area contributed by atoms with Gasteiger partial charge in [0.15, 0.2) is 0 Å². The first-order chi connectivity index (χ1) is 8.59. The van der Waals surface area contributed by atoms with Crippen molar-refractivity contribution in [1.29, 1.82) is 0 Å². The van der Waals surface area contributed by atoms with E-state index in [1.54, 1.807) is 6.33 Å². The van der Waals surface area contributed by atoms with Gasteiger partial charge in [0.05, 0.1) is 0 Å². The zero-order valence-corrected chi connectivity index (χ0v) is 11.6. The number of nitrogens with one attached hydrogen (secondary N) is 1. The Bertz CT molecular complexity index is 523. The van der Waals surface area contributed by atoms with Crippen molar-refractivity contribution in [3.05, 3.63) is 35.2 Å². The average Bonchev–Trinajstić information content (AvgIpc) is 2.85. The van der Waals surface area contributed by atoms with E-state index in [0.29, 0.717) is 0 Å². The summed E-state index contributed by atoms with van der Waals surface area (Å²) in [6, 6.07) is 2.24. The van der Waals surface area contributed by atoms with Gasteiger partial charge in [-0.15, -0.1) is 10.2 Å². The van der Waals surface area contributed by atoms with Gasteiger partial charge in [0.1, 0.15) is 12.2 Å². The minimum atomic E-state index is 0.904. The smallest absolute Gasteiger partial charge is 0.133 e. The largest absolute Gasteiger partial charge is 0.352 e. The van der Waals surface area contributed by atoms with E-state index in [1.807, 2.05) is 11.6 Å². The fraction of sp³-hybridized carbons (Fsp3) is 0.538. The molecule has 0 saturated heterocycles. The van der Waals surface area contributed by atoms with Crippen LogP contribution >= 0.6 is 0 Å². The Balaban J connectivity index is 1.82. The molecule has 18 heavy (non-hydrogen) atoms. The van der Waals surface area contributed by atoms with Crippen molar-refractivity contribution in [3.63, 3.8) is 0 Å². The molecule has 0 atom stereocenters. The Labute approximate surface area is 108 Å². The fourth-order valence-corrected chi connectivity index (χ4v) is 2.07. The summed E-state index contributed by atoms with van der Waals surface area (Å²) in [7, 11) is 4.08. The molecule has 0 aliphatic carbocycles. The molecule has 0 bridgehead atoms. The lowest BCUT2D eigenvalue weighted by Crippen LogP contribution is -2.18. The van der Waals surface area contributed by atoms with Crippen LogP contribution in [0.5, 0.6) is 0 Å². The molecular weight excluding hydrogens is 226 g/mol. The van der Waals surface area contributed by atoms with Gasteiger partial charge in [-0.3, -0.25) is 0 Å². The molecule has 98 valence electrons. The molecule has 0 spiro atoms. The molecule has 0 aliphatic rings. The molecule has 0 radical (unpaired) electrons. The zero-order valence-electron chi connectivity index (χ0n) is 11.6. The Hall–Kier alpha value is -1.62. The maximum atomic E-state index is 4.06. The Morgan fingerprint density at radius 1 is 1.28 bits per heavy atom. The first-order valence-corrected chi connectivity index (χ1v) is 6.25. The SMILES string of the molecule is Cc1cc(CNCCc2nncn2C)c(C)n1C. The Morgan fingerprint density at radius 2 is 2.06 bits per heavy atom. The highest BCUT2D eigenvalue weighted by atomic mass is 15.2. The topological polar surface area (TPSA) is 47.7 Å². The predicted molar refractivity (Wildman–Crippen MR) is 71.3 cm³/mol. The van der Waals surface area contributed by atoms with Gasteiger partial charge in [0.2, 0.25) is 0 Å². The summed E-state index contributed by atoms with van der Waals surface area (Å²) >= 11 is 0. The van der Waals surface area contributed by atoms with E-state index in [-0.39, 0.29) is 0 Å². The summed E-state index contributed by atoms with van der Waals surface area (Å²) < 4.78 is 4.18.